The number of nitrogens with two attached hydrogens (primary N) is 1. The molecule has 0 radical (unpaired) electrons. The van der Waals surface area contributed by atoms with Crippen molar-refractivity contribution >= 4 is 39.2 Å². The molecule has 3 fully saturated rings. The first-order chi connectivity index (χ1) is 19.1. The molecule has 1 aromatic carbocycles. The number of halogens is 4. The summed E-state index contributed by atoms with van der Waals surface area (Å²) in [6, 6.07) is 7.51. The lowest BCUT2D eigenvalue weighted by atomic mass is 9.98. The zero-order valence-corrected chi connectivity index (χ0v) is 23.3. The van der Waals surface area contributed by atoms with Gasteiger partial charge in [-0.05, 0) is 72.7 Å². The molecular weight excluding hydrogens is 595 g/mol. The summed E-state index contributed by atoms with van der Waals surface area (Å²) >= 11 is 3.54. The molecule has 5 rings (SSSR count). The molecule has 8 nitrogen and oxygen atoms in total. The summed E-state index contributed by atoms with van der Waals surface area (Å²) in [6.07, 6.45) is 1.10. The number of para-hydroxylation sites is 1. The molecule has 2 aromatic rings. The second-order valence-electron chi connectivity index (χ2n) is 10.3. The van der Waals surface area contributed by atoms with E-state index in [1.165, 1.54) is 31.5 Å². The van der Waals surface area contributed by atoms with Gasteiger partial charge in [0.25, 0.3) is 0 Å². The summed E-state index contributed by atoms with van der Waals surface area (Å²) in [5.41, 5.74) is 6.82. The Kier molecular flexibility index (Phi) is 8.10. The lowest BCUT2D eigenvalue weighted by Gasteiger charge is -2.40. The van der Waals surface area contributed by atoms with Gasteiger partial charge in [-0.15, -0.1) is 13.2 Å². The Hall–Kier alpha value is -3.12. The zero-order valence-electron chi connectivity index (χ0n) is 21.7. The molecule has 2 N–H and O–H groups in total. The molecule has 2 unspecified atom stereocenters. The molecule has 0 amide bonds. The van der Waals surface area contributed by atoms with Crippen molar-refractivity contribution in [3.8, 4) is 5.75 Å². The number of carbonyl (C=O) groups excluding carboxylic acids is 2. The standard InChI is InChI=1S/C28H29BrF3N3O5/c1-38-27(37)16-10-22(29)26(34-13-16)35-17-8-9-18(35)12-19(11-17)39-14-21(25(36)15-6-7-15)24(33)20-4-2-3-5-23(20)40-28(30,31)32/h2-5,10,13,15,17-19H,6-9,11-12,14,33H2,1H3/t17-,18?,19?/m0/s1. The maximum Gasteiger partial charge on any atom is 0.573 e. The van der Waals surface area contributed by atoms with Crippen molar-refractivity contribution in [2.75, 3.05) is 18.6 Å². The highest BCUT2D eigenvalue weighted by molar-refractivity contribution is 9.10. The average molecular weight is 624 g/mol. The minimum absolute atomic E-state index is 0.00800. The van der Waals surface area contributed by atoms with Crippen LogP contribution in [0.3, 0.4) is 0 Å². The number of ether oxygens (including phenoxy) is 3. The fraction of sp³-hybridized carbons (Fsp3) is 0.464. The third-order valence-electron chi connectivity index (χ3n) is 7.61. The maximum atomic E-state index is 13.2. The number of hydrogen-bond acceptors (Lipinski definition) is 8. The van der Waals surface area contributed by atoms with Gasteiger partial charge in [0.15, 0.2) is 5.78 Å². The Morgan fingerprint density at radius 3 is 2.40 bits per heavy atom. The number of esters is 1. The molecule has 1 aromatic heterocycles. The second kappa shape index (κ2) is 11.4. The van der Waals surface area contributed by atoms with Gasteiger partial charge in [-0.2, -0.15) is 0 Å². The summed E-state index contributed by atoms with van der Waals surface area (Å²) in [7, 11) is 1.32. The molecule has 2 bridgehead atoms. The van der Waals surface area contributed by atoms with Gasteiger partial charge < -0.3 is 24.8 Å². The summed E-state index contributed by atoms with van der Waals surface area (Å²) in [5.74, 6) is -0.572. The number of ketones is 1. The van der Waals surface area contributed by atoms with E-state index in [0.717, 1.165) is 31.5 Å². The number of fused-ring (bicyclic) bond motifs is 2. The van der Waals surface area contributed by atoms with Gasteiger partial charge in [-0.1, -0.05) is 12.1 Å². The highest BCUT2D eigenvalue weighted by atomic mass is 79.9. The van der Waals surface area contributed by atoms with Gasteiger partial charge >= 0.3 is 12.3 Å². The van der Waals surface area contributed by atoms with Crippen LogP contribution in [0.1, 0.15) is 54.4 Å². The molecule has 40 heavy (non-hydrogen) atoms. The number of alkyl halides is 3. The van der Waals surface area contributed by atoms with E-state index in [1.54, 1.807) is 12.1 Å². The monoisotopic (exact) mass is 623 g/mol. The van der Waals surface area contributed by atoms with E-state index in [-0.39, 0.29) is 53.3 Å². The Bertz CT molecular complexity index is 1320. The van der Waals surface area contributed by atoms with Crippen LogP contribution >= 0.6 is 15.9 Å². The van der Waals surface area contributed by atoms with Gasteiger partial charge in [0.05, 0.1) is 35.6 Å². The van der Waals surface area contributed by atoms with Gasteiger partial charge in [-0.3, -0.25) is 4.79 Å². The number of nitrogens with zero attached hydrogens (tertiary/aromatic N) is 2. The third-order valence-corrected chi connectivity index (χ3v) is 8.20. The number of carbonyl (C=O) groups is 2. The van der Waals surface area contributed by atoms with Crippen LogP contribution in [0.15, 0.2) is 46.6 Å². The molecule has 12 heteroatoms. The van der Waals surface area contributed by atoms with Crippen LogP contribution in [0, 0.1) is 5.92 Å². The summed E-state index contributed by atoms with van der Waals surface area (Å²) in [6.45, 7) is -0.0958. The lowest BCUT2D eigenvalue weighted by molar-refractivity contribution is -0.274. The van der Waals surface area contributed by atoms with Gasteiger partial charge in [-0.25, -0.2) is 9.78 Å². The Morgan fingerprint density at radius 1 is 1.12 bits per heavy atom. The van der Waals surface area contributed by atoms with Crippen molar-refractivity contribution in [1.82, 2.24) is 4.98 Å². The van der Waals surface area contributed by atoms with Crippen molar-refractivity contribution in [3.63, 3.8) is 0 Å². The first kappa shape index (κ1) is 28.4. The van der Waals surface area contributed by atoms with E-state index in [0.29, 0.717) is 22.9 Å². The molecule has 214 valence electrons. The number of rotatable bonds is 9. The van der Waals surface area contributed by atoms with Crippen molar-refractivity contribution in [1.29, 1.82) is 0 Å². The average Bonchev–Trinajstić information content (AvgIpc) is 3.73. The first-order valence-corrected chi connectivity index (χ1v) is 13.9. The molecule has 0 spiro atoms. The summed E-state index contributed by atoms with van der Waals surface area (Å²) in [5, 5.41) is 0. The zero-order chi connectivity index (χ0) is 28.6. The van der Waals surface area contributed by atoms with Crippen LogP contribution in [0.5, 0.6) is 5.75 Å². The quantitative estimate of drug-likeness (QED) is 0.293. The van der Waals surface area contributed by atoms with Crippen molar-refractivity contribution in [3.05, 3.63) is 57.7 Å². The molecular formula is C28H29BrF3N3O5. The number of aromatic nitrogens is 1. The maximum absolute atomic E-state index is 13.2. The Morgan fingerprint density at radius 2 is 1.80 bits per heavy atom. The number of piperidine rings is 1. The molecule has 3 atom stereocenters. The van der Waals surface area contributed by atoms with Crippen LogP contribution in [0.25, 0.3) is 5.70 Å². The molecule has 1 saturated carbocycles. The smallest absolute Gasteiger partial charge is 0.465 e. The minimum Gasteiger partial charge on any atom is -0.465 e. The van der Waals surface area contributed by atoms with Crippen molar-refractivity contribution in [2.24, 2.45) is 11.7 Å². The van der Waals surface area contributed by atoms with Crippen LogP contribution in [-0.2, 0) is 14.3 Å². The Labute approximate surface area is 237 Å². The van der Waals surface area contributed by atoms with Crippen molar-refractivity contribution < 1.29 is 37.0 Å². The van der Waals surface area contributed by atoms with Crippen LogP contribution in [0.2, 0.25) is 0 Å². The number of Topliss-reactive ketones (excluding diaryl/α,β-unsaturated/α-hetero) is 1. The van der Waals surface area contributed by atoms with Gasteiger partial charge in [0, 0.05) is 35.3 Å². The fourth-order valence-corrected chi connectivity index (χ4v) is 6.15. The number of pyridine rings is 1. The number of anilines is 1. The number of benzene rings is 1. The predicted octanol–water partition coefficient (Wildman–Crippen LogP) is 5.39. The second-order valence-corrected chi connectivity index (χ2v) is 11.1. The SMILES string of the molecule is COC(=O)c1cnc(N2C3CC[C@H]2CC(OCC(C(=O)C2CC2)=C(N)c2ccccc2OC(F)(F)F)C3)c(Br)c1. The number of hydrogen-bond donors (Lipinski definition) is 1. The molecule has 2 aliphatic heterocycles. The molecule has 2 saturated heterocycles. The van der Waals surface area contributed by atoms with E-state index >= 15 is 0 Å². The first-order valence-electron chi connectivity index (χ1n) is 13.1. The van der Waals surface area contributed by atoms with Crippen LogP contribution < -0.4 is 15.4 Å². The fourth-order valence-electron chi connectivity index (χ4n) is 5.60. The highest BCUT2D eigenvalue weighted by Crippen LogP contribution is 2.43. The van der Waals surface area contributed by atoms with E-state index < -0.39 is 18.1 Å². The van der Waals surface area contributed by atoms with E-state index in [4.69, 9.17) is 15.2 Å². The van der Waals surface area contributed by atoms with Crippen LogP contribution in [-0.4, -0.2) is 55.0 Å². The van der Waals surface area contributed by atoms with Gasteiger partial charge in [0.1, 0.15) is 11.6 Å². The Balaban J connectivity index is 1.32. The van der Waals surface area contributed by atoms with Gasteiger partial charge in [0.2, 0.25) is 0 Å². The minimum atomic E-state index is -4.90. The molecule has 1 aliphatic carbocycles. The topological polar surface area (TPSA) is 104 Å². The van der Waals surface area contributed by atoms with E-state index in [9.17, 15) is 22.8 Å². The van der Waals surface area contributed by atoms with Crippen molar-refractivity contribution in [2.45, 2.75) is 63.1 Å². The third kappa shape index (κ3) is 6.12. The lowest BCUT2D eigenvalue weighted by Crippen LogP contribution is -2.46. The predicted molar refractivity (Wildman–Crippen MR) is 144 cm³/mol. The number of methoxy groups -OCH3 is 1. The van der Waals surface area contributed by atoms with E-state index in [2.05, 4.69) is 30.6 Å². The van der Waals surface area contributed by atoms with Crippen LogP contribution in [0.4, 0.5) is 19.0 Å². The molecule has 3 aliphatic rings. The van der Waals surface area contributed by atoms with E-state index in [1.807, 2.05) is 0 Å². The summed E-state index contributed by atoms with van der Waals surface area (Å²) in [4.78, 5) is 31.8. The summed E-state index contributed by atoms with van der Waals surface area (Å²) < 4.78 is 54.9. The largest absolute Gasteiger partial charge is 0.573 e. The normalized spacial score (nSPS) is 23.0. The highest BCUT2D eigenvalue weighted by Gasteiger charge is 2.43. The molecule has 3 heterocycles.